The molecule has 0 aliphatic rings. The van der Waals surface area contributed by atoms with Crippen LogP contribution in [0.4, 0.5) is 15.8 Å². The summed E-state index contributed by atoms with van der Waals surface area (Å²) in [4.78, 5) is 24.7. The van der Waals surface area contributed by atoms with E-state index in [1.54, 1.807) is 22.8 Å². The summed E-state index contributed by atoms with van der Waals surface area (Å²) in [6.07, 6.45) is 1.62. The fourth-order valence-corrected chi connectivity index (χ4v) is 3.70. The molecule has 1 heterocycles. The van der Waals surface area contributed by atoms with Crippen molar-refractivity contribution in [3.8, 4) is 0 Å². The smallest absolute Gasteiger partial charge is 0.234 e. The van der Waals surface area contributed by atoms with Gasteiger partial charge in [-0.15, -0.1) is 16.8 Å². The summed E-state index contributed by atoms with van der Waals surface area (Å²) in [5.74, 6) is -0.399. The Morgan fingerprint density at radius 1 is 1.12 bits per heavy atom. The van der Waals surface area contributed by atoms with Gasteiger partial charge in [-0.3, -0.25) is 9.59 Å². The average molecular weight is 474 g/mol. The van der Waals surface area contributed by atoms with Crippen molar-refractivity contribution < 1.29 is 14.0 Å². The first-order valence-corrected chi connectivity index (χ1v) is 11.0. The molecule has 166 valence electrons. The van der Waals surface area contributed by atoms with E-state index in [1.165, 1.54) is 36.0 Å². The van der Waals surface area contributed by atoms with E-state index in [1.807, 2.05) is 13.0 Å². The number of nitrogens with zero attached hydrogens (tertiary/aromatic N) is 3. The second kappa shape index (κ2) is 10.9. The molecule has 0 aliphatic heterocycles. The third-order valence-corrected chi connectivity index (χ3v) is 5.71. The van der Waals surface area contributed by atoms with Crippen LogP contribution in [0.3, 0.4) is 0 Å². The van der Waals surface area contributed by atoms with Crippen LogP contribution in [0.15, 0.2) is 60.3 Å². The molecular formula is C22H21ClFN5O2S. The fourth-order valence-electron chi connectivity index (χ4n) is 2.75. The van der Waals surface area contributed by atoms with Gasteiger partial charge < -0.3 is 15.2 Å². The van der Waals surface area contributed by atoms with Crippen LogP contribution in [0, 0.1) is 12.7 Å². The predicted octanol–water partition coefficient (Wildman–Crippen LogP) is 4.48. The molecular weight excluding hydrogens is 453 g/mol. The van der Waals surface area contributed by atoms with Crippen molar-refractivity contribution in [2.45, 2.75) is 25.0 Å². The van der Waals surface area contributed by atoms with E-state index < -0.39 is 0 Å². The van der Waals surface area contributed by atoms with Gasteiger partial charge in [0.2, 0.25) is 11.8 Å². The third-order valence-electron chi connectivity index (χ3n) is 4.34. The number of aryl methyl sites for hydroxylation is 1. The van der Waals surface area contributed by atoms with E-state index in [4.69, 9.17) is 11.6 Å². The minimum Gasteiger partial charge on any atom is -0.326 e. The van der Waals surface area contributed by atoms with Crippen molar-refractivity contribution in [2.24, 2.45) is 0 Å². The number of anilines is 2. The quantitative estimate of drug-likeness (QED) is 0.353. The SMILES string of the molecule is C=CCn1c(CC(=O)Nc2ccc(F)cc2)nnc1SCC(=O)Nc1ccc(C)c(Cl)c1. The normalized spacial score (nSPS) is 10.6. The Hall–Kier alpha value is -3.17. The Labute approximate surface area is 194 Å². The third kappa shape index (κ3) is 6.41. The minimum absolute atomic E-state index is 0.0349. The Balaban J connectivity index is 1.61. The van der Waals surface area contributed by atoms with Crippen LogP contribution in [0.2, 0.25) is 5.02 Å². The second-order valence-corrected chi connectivity index (χ2v) is 8.18. The highest BCUT2D eigenvalue weighted by atomic mass is 35.5. The van der Waals surface area contributed by atoms with Gasteiger partial charge in [-0.05, 0) is 48.9 Å². The summed E-state index contributed by atoms with van der Waals surface area (Å²) in [6.45, 7) is 5.99. The minimum atomic E-state index is -0.384. The summed E-state index contributed by atoms with van der Waals surface area (Å²) < 4.78 is 14.7. The number of nitrogens with one attached hydrogen (secondary N) is 2. The summed E-state index contributed by atoms with van der Waals surface area (Å²) in [5.41, 5.74) is 2.01. The molecule has 3 aromatic rings. The summed E-state index contributed by atoms with van der Waals surface area (Å²) in [7, 11) is 0. The number of rotatable bonds is 9. The van der Waals surface area contributed by atoms with Crippen molar-refractivity contribution in [2.75, 3.05) is 16.4 Å². The molecule has 7 nitrogen and oxygen atoms in total. The van der Waals surface area contributed by atoms with Gasteiger partial charge in [0.1, 0.15) is 11.6 Å². The number of hydrogen-bond acceptors (Lipinski definition) is 5. The van der Waals surface area contributed by atoms with Crippen molar-refractivity contribution >= 4 is 46.6 Å². The van der Waals surface area contributed by atoms with Crippen molar-refractivity contribution in [3.63, 3.8) is 0 Å². The van der Waals surface area contributed by atoms with Gasteiger partial charge in [0, 0.05) is 22.9 Å². The summed E-state index contributed by atoms with van der Waals surface area (Å²) in [5, 5.41) is 14.7. The zero-order chi connectivity index (χ0) is 23.1. The molecule has 3 rings (SSSR count). The molecule has 2 aromatic carbocycles. The highest BCUT2D eigenvalue weighted by molar-refractivity contribution is 7.99. The van der Waals surface area contributed by atoms with E-state index in [9.17, 15) is 14.0 Å². The number of hydrogen-bond donors (Lipinski definition) is 2. The number of halogens is 2. The lowest BCUT2D eigenvalue weighted by Crippen LogP contribution is -2.18. The van der Waals surface area contributed by atoms with Gasteiger partial charge in [-0.2, -0.15) is 0 Å². The second-order valence-electron chi connectivity index (χ2n) is 6.83. The lowest BCUT2D eigenvalue weighted by molar-refractivity contribution is -0.116. The highest BCUT2D eigenvalue weighted by Crippen LogP contribution is 2.22. The van der Waals surface area contributed by atoms with Crippen LogP contribution in [0.25, 0.3) is 0 Å². The van der Waals surface area contributed by atoms with Crippen LogP contribution >= 0.6 is 23.4 Å². The molecule has 0 atom stereocenters. The maximum absolute atomic E-state index is 13.0. The molecule has 1 aromatic heterocycles. The number of amides is 2. The summed E-state index contributed by atoms with van der Waals surface area (Å²) >= 11 is 7.29. The first-order chi connectivity index (χ1) is 15.4. The molecule has 0 fully saturated rings. The maximum Gasteiger partial charge on any atom is 0.234 e. The molecule has 0 radical (unpaired) electrons. The van der Waals surface area contributed by atoms with Crippen LogP contribution < -0.4 is 10.6 Å². The van der Waals surface area contributed by atoms with Gasteiger partial charge >= 0.3 is 0 Å². The summed E-state index contributed by atoms with van der Waals surface area (Å²) in [6, 6.07) is 10.8. The molecule has 32 heavy (non-hydrogen) atoms. The molecule has 0 bridgehead atoms. The number of aromatic nitrogens is 3. The van der Waals surface area contributed by atoms with Gasteiger partial charge in [-0.1, -0.05) is 35.5 Å². The molecule has 0 saturated heterocycles. The van der Waals surface area contributed by atoms with Crippen LogP contribution in [-0.4, -0.2) is 32.3 Å². The van der Waals surface area contributed by atoms with Crippen LogP contribution in [-0.2, 0) is 22.6 Å². The molecule has 2 amide bonds. The van der Waals surface area contributed by atoms with Crippen molar-refractivity contribution in [3.05, 3.63) is 77.3 Å². The fraction of sp³-hybridized carbons (Fsp3) is 0.182. The Morgan fingerprint density at radius 2 is 1.81 bits per heavy atom. The first-order valence-electron chi connectivity index (χ1n) is 9.63. The zero-order valence-corrected chi connectivity index (χ0v) is 18.8. The van der Waals surface area contributed by atoms with Crippen molar-refractivity contribution in [1.29, 1.82) is 0 Å². The first kappa shape index (κ1) is 23.5. The van der Waals surface area contributed by atoms with Gasteiger partial charge in [0.25, 0.3) is 0 Å². The molecule has 10 heteroatoms. The monoisotopic (exact) mass is 473 g/mol. The Morgan fingerprint density at radius 3 is 2.50 bits per heavy atom. The average Bonchev–Trinajstić information content (AvgIpc) is 3.12. The largest absolute Gasteiger partial charge is 0.326 e. The Kier molecular flexibility index (Phi) is 8.02. The zero-order valence-electron chi connectivity index (χ0n) is 17.3. The number of benzene rings is 2. The number of thioether (sulfide) groups is 1. The molecule has 0 unspecified atom stereocenters. The van der Waals surface area contributed by atoms with E-state index >= 15 is 0 Å². The molecule has 0 aliphatic carbocycles. The molecule has 0 saturated carbocycles. The standard InChI is InChI=1S/C22H21ClFN5O2S/c1-3-10-29-19(12-20(30)25-16-8-5-15(24)6-9-16)27-28-22(29)32-13-21(31)26-17-7-4-14(2)18(23)11-17/h3-9,11H,1,10,12-13H2,2H3,(H,25,30)(H,26,31). The topological polar surface area (TPSA) is 88.9 Å². The number of allylic oxidation sites excluding steroid dienone is 1. The van der Waals surface area contributed by atoms with Crippen LogP contribution in [0.5, 0.6) is 0 Å². The van der Waals surface area contributed by atoms with Gasteiger partial charge in [0.05, 0.1) is 12.2 Å². The van der Waals surface area contributed by atoms with Gasteiger partial charge in [-0.25, -0.2) is 4.39 Å². The lowest BCUT2D eigenvalue weighted by Gasteiger charge is -2.09. The van der Waals surface area contributed by atoms with Crippen molar-refractivity contribution in [1.82, 2.24) is 14.8 Å². The molecule has 2 N–H and O–H groups in total. The van der Waals surface area contributed by atoms with E-state index in [-0.39, 0.29) is 29.8 Å². The lowest BCUT2D eigenvalue weighted by atomic mass is 10.2. The molecule has 0 spiro atoms. The number of carbonyl (C=O) groups is 2. The maximum atomic E-state index is 13.0. The highest BCUT2D eigenvalue weighted by Gasteiger charge is 2.16. The van der Waals surface area contributed by atoms with Crippen LogP contribution in [0.1, 0.15) is 11.4 Å². The Bertz CT molecular complexity index is 1130. The van der Waals surface area contributed by atoms with E-state index in [0.717, 1.165) is 5.56 Å². The van der Waals surface area contributed by atoms with Gasteiger partial charge in [0.15, 0.2) is 5.16 Å². The van der Waals surface area contributed by atoms with E-state index in [2.05, 4.69) is 27.4 Å². The predicted molar refractivity (Wildman–Crippen MR) is 124 cm³/mol. The number of carbonyl (C=O) groups excluding carboxylic acids is 2. The van der Waals surface area contributed by atoms with E-state index in [0.29, 0.717) is 33.9 Å².